The average molecular weight is 197 g/mol. The van der Waals surface area contributed by atoms with Gasteiger partial charge in [-0.15, -0.1) is 0 Å². The summed E-state index contributed by atoms with van der Waals surface area (Å²) in [5, 5.41) is 0. The predicted molar refractivity (Wildman–Crippen MR) is 54.7 cm³/mol. The second-order valence-electron chi connectivity index (χ2n) is 3.29. The quantitative estimate of drug-likeness (QED) is 0.804. The standard InChI is InChI=1S/C11H16FNO/c1-3-8(2)14-11-5-4-10(12)6-9(11)7-13/h4-6,8H,3,7,13H2,1-2H3. The van der Waals surface area contributed by atoms with Crippen molar-refractivity contribution in [2.75, 3.05) is 0 Å². The highest BCUT2D eigenvalue weighted by Gasteiger charge is 2.06. The van der Waals surface area contributed by atoms with Gasteiger partial charge in [0.15, 0.2) is 0 Å². The van der Waals surface area contributed by atoms with E-state index in [9.17, 15) is 4.39 Å². The van der Waals surface area contributed by atoms with Crippen LogP contribution in [-0.4, -0.2) is 6.10 Å². The molecule has 1 atom stereocenters. The fourth-order valence-corrected chi connectivity index (χ4v) is 1.12. The molecule has 0 aromatic heterocycles. The SMILES string of the molecule is CCC(C)Oc1ccc(F)cc1CN. The van der Waals surface area contributed by atoms with Crippen molar-refractivity contribution in [1.29, 1.82) is 0 Å². The van der Waals surface area contributed by atoms with Gasteiger partial charge in [-0.3, -0.25) is 0 Å². The lowest BCUT2D eigenvalue weighted by molar-refractivity contribution is 0.215. The molecule has 0 bridgehead atoms. The first-order valence-corrected chi connectivity index (χ1v) is 4.82. The summed E-state index contributed by atoms with van der Waals surface area (Å²) in [5.74, 6) is 0.408. The number of hydrogen-bond donors (Lipinski definition) is 1. The number of nitrogens with two attached hydrogens (primary N) is 1. The van der Waals surface area contributed by atoms with Crippen LogP contribution in [0.25, 0.3) is 0 Å². The van der Waals surface area contributed by atoms with E-state index < -0.39 is 0 Å². The minimum absolute atomic E-state index is 0.130. The van der Waals surface area contributed by atoms with Crippen molar-refractivity contribution in [2.24, 2.45) is 5.73 Å². The van der Waals surface area contributed by atoms with Crippen LogP contribution in [0.1, 0.15) is 25.8 Å². The summed E-state index contributed by atoms with van der Waals surface area (Å²) in [6.07, 6.45) is 1.05. The smallest absolute Gasteiger partial charge is 0.124 e. The number of halogens is 1. The van der Waals surface area contributed by atoms with E-state index in [2.05, 4.69) is 0 Å². The lowest BCUT2D eigenvalue weighted by Gasteiger charge is -2.15. The Kier molecular flexibility index (Phi) is 3.89. The van der Waals surface area contributed by atoms with E-state index >= 15 is 0 Å². The molecular formula is C11H16FNO. The normalized spacial score (nSPS) is 12.6. The molecule has 0 saturated carbocycles. The summed E-state index contributed by atoms with van der Waals surface area (Å²) < 4.78 is 18.4. The van der Waals surface area contributed by atoms with Crippen LogP contribution in [0.15, 0.2) is 18.2 Å². The maximum absolute atomic E-state index is 12.8. The molecule has 1 aromatic rings. The Bertz CT molecular complexity index is 301. The van der Waals surface area contributed by atoms with E-state index in [0.29, 0.717) is 17.9 Å². The summed E-state index contributed by atoms with van der Waals surface area (Å²) in [7, 11) is 0. The second kappa shape index (κ2) is 4.96. The van der Waals surface area contributed by atoms with Gasteiger partial charge in [0, 0.05) is 12.1 Å². The summed E-state index contributed by atoms with van der Waals surface area (Å²) in [6, 6.07) is 4.43. The molecule has 0 fully saturated rings. The Balaban J connectivity index is 2.85. The summed E-state index contributed by atoms with van der Waals surface area (Å²) >= 11 is 0. The van der Waals surface area contributed by atoms with Gasteiger partial charge >= 0.3 is 0 Å². The number of ether oxygens (including phenoxy) is 1. The first-order valence-electron chi connectivity index (χ1n) is 4.82. The van der Waals surface area contributed by atoms with Crippen LogP contribution in [-0.2, 0) is 6.54 Å². The molecule has 0 amide bonds. The molecular weight excluding hydrogens is 181 g/mol. The van der Waals surface area contributed by atoms with Gasteiger partial charge in [0.05, 0.1) is 6.10 Å². The fraction of sp³-hybridized carbons (Fsp3) is 0.455. The van der Waals surface area contributed by atoms with Gasteiger partial charge in [-0.2, -0.15) is 0 Å². The molecule has 0 aliphatic rings. The third kappa shape index (κ3) is 2.70. The summed E-state index contributed by atoms with van der Waals surface area (Å²) in [5.41, 5.74) is 6.20. The van der Waals surface area contributed by atoms with E-state index in [1.807, 2.05) is 13.8 Å². The van der Waals surface area contributed by atoms with Crippen molar-refractivity contribution < 1.29 is 9.13 Å². The first kappa shape index (κ1) is 11.0. The van der Waals surface area contributed by atoms with Gasteiger partial charge in [-0.05, 0) is 31.5 Å². The zero-order valence-electron chi connectivity index (χ0n) is 8.59. The van der Waals surface area contributed by atoms with Crippen LogP contribution in [0.3, 0.4) is 0 Å². The monoisotopic (exact) mass is 197 g/mol. The Morgan fingerprint density at radius 1 is 1.50 bits per heavy atom. The van der Waals surface area contributed by atoms with Crippen LogP contribution in [0.4, 0.5) is 4.39 Å². The molecule has 0 aliphatic carbocycles. The predicted octanol–water partition coefficient (Wildman–Crippen LogP) is 2.46. The van der Waals surface area contributed by atoms with E-state index in [-0.39, 0.29) is 11.9 Å². The molecule has 78 valence electrons. The van der Waals surface area contributed by atoms with E-state index in [1.54, 1.807) is 6.07 Å². The highest BCUT2D eigenvalue weighted by Crippen LogP contribution is 2.20. The minimum atomic E-state index is -0.276. The van der Waals surface area contributed by atoms with Crippen molar-refractivity contribution in [3.8, 4) is 5.75 Å². The Labute approximate surface area is 83.9 Å². The van der Waals surface area contributed by atoms with Crippen molar-refractivity contribution in [2.45, 2.75) is 32.9 Å². The third-order valence-corrected chi connectivity index (χ3v) is 2.15. The molecule has 3 heteroatoms. The van der Waals surface area contributed by atoms with Crippen molar-refractivity contribution in [3.05, 3.63) is 29.6 Å². The molecule has 1 aromatic carbocycles. The van der Waals surface area contributed by atoms with Gasteiger partial charge in [0.1, 0.15) is 11.6 Å². The van der Waals surface area contributed by atoms with Crippen LogP contribution >= 0.6 is 0 Å². The Morgan fingerprint density at radius 3 is 2.79 bits per heavy atom. The highest BCUT2D eigenvalue weighted by atomic mass is 19.1. The molecule has 0 spiro atoms. The van der Waals surface area contributed by atoms with Gasteiger partial charge in [-0.25, -0.2) is 4.39 Å². The largest absolute Gasteiger partial charge is 0.490 e. The van der Waals surface area contributed by atoms with Crippen molar-refractivity contribution >= 4 is 0 Å². The zero-order valence-corrected chi connectivity index (χ0v) is 8.59. The third-order valence-electron chi connectivity index (χ3n) is 2.15. The van der Waals surface area contributed by atoms with Crippen LogP contribution in [0.5, 0.6) is 5.75 Å². The molecule has 14 heavy (non-hydrogen) atoms. The molecule has 1 unspecified atom stereocenters. The maximum atomic E-state index is 12.8. The second-order valence-corrected chi connectivity index (χ2v) is 3.29. The van der Waals surface area contributed by atoms with Crippen LogP contribution in [0.2, 0.25) is 0 Å². The van der Waals surface area contributed by atoms with Crippen molar-refractivity contribution in [3.63, 3.8) is 0 Å². The molecule has 2 N–H and O–H groups in total. The first-order chi connectivity index (χ1) is 6.67. The highest BCUT2D eigenvalue weighted by molar-refractivity contribution is 5.33. The molecule has 0 heterocycles. The topological polar surface area (TPSA) is 35.2 Å². The molecule has 0 saturated heterocycles. The molecule has 1 rings (SSSR count). The van der Waals surface area contributed by atoms with Crippen molar-refractivity contribution in [1.82, 2.24) is 0 Å². The van der Waals surface area contributed by atoms with Crippen LogP contribution in [0, 0.1) is 5.82 Å². The average Bonchev–Trinajstić information content (AvgIpc) is 2.20. The van der Waals surface area contributed by atoms with E-state index in [0.717, 1.165) is 6.42 Å². The van der Waals surface area contributed by atoms with E-state index in [1.165, 1.54) is 12.1 Å². The lowest BCUT2D eigenvalue weighted by atomic mass is 10.2. The number of rotatable bonds is 4. The van der Waals surface area contributed by atoms with Gasteiger partial charge < -0.3 is 10.5 Å². The fourth-order valence-electron chi connectivity index (χ4n) is 1.12. The molecule has 0 radical (unpaired) electrons. The Hall–Kier alpha value is -1.09. The van der Waals surface area contributed by atoms with Gasteiger partial charge in [0.25, 0.3) is 0 Å². The number of hydrogen-bond acceptors (Lipinski definition) is 2. The Morgan fingerprint density at radius 2 is 2.21 bits per heavy atom. The molecule has 0 aliphatic heterocycles. The zero-order chi connectivity index (χ0) is 10.6. The lowest BCUT2D eigenvalue weighted by Crippen LogP contribution is -2.12. The number of benzene rings is 1. The van der Waals surface area contributed by atoms with E-state index in [4.69, 9.17) is 10.5 Å². The summed E-state index contributed by atoms with van der Waals surface area (Å²) in [6.45, 7) is 4.31. The maximum Gasteiger partial charge on any atom is 0.124 e. The van der Waals surface area contributed by atoms with Gasteiger partial charge in [-0.1, -0.05) is 6.92 Å². The summed E-state index contributed by atoms with van der Waals surface area (Å²) in [4.78, 5) is 0. The van der Waals surface area contributed by atoms with Crippen LogP contribution < -0.4 is 10.5 Å². The van der Waals surface area contributed by atoms with Gasteiger partial charge in [0.2, 0.25) is 0 Å². The minimum Gasteiger partial charge on any atom is -0.490 e. The molecule has 2 nitrogen and oxygen atoms in total.